The number of benzene rings is 2. The molecule has 0 fully saturated rings. The third kappa shape index (κ3) is 3.09. The third-order valence-electron chi connectivity index (χ3n) is 2.81. The van der Waals surface area contributed by atoms with E-state index in [0.717, 1.165) is 0 Å². The van der Waals surface area contributed by atoms with Gasteiger partial charge in [0.1, 0.15) is 23.1 Å². The fourth-order valence-electron chi connectivity index (χ4n) is 1.77. The smallest absolute Gasteiger partial charge is 0.132 e. The van der Waals surface area contributed by atoms with Gasteiger partial charge in [0.25, 0.3) is 0 Å². The van der Waals surface area contributed by atoms with E-state index in [1.807, 2.05) is 0 Å². The highest BCUT2D eigenvalue weighted by Crippen LogP contribution is 2.31. The quantitative estimate of drug-likeness (QED) is 0.905. The molecule has 1 atom stereocenters. The Hall–Kier alpha value is -1.94. The zero-order valence-electron chi connectivity index (χ0n) is 10.8. The van der Waals surface area contributed by atoms with E-state index in [0.29, 0.717) is 22.6 Å². The number of ether oxygens (including phenoxy) is 1. The van der Waals surface area contributed by atoms with Crippen LogP contribution >= 0.6 is 0 Å². The molecular formula is C15H15F2NO. The van der Waals surface area contributed by atoms with Crippen molar-refractivity contribution < 1.29 is 13.5 Å². The van der Waals surface area contributed by atoms with Gasteiger partial charge in [-0.25, -0.2) is 8.78 Å². The first-order valence-corrected chi connectivity index (χ1v) is 5.96. The highest BCUT2D eigenvalue weighted by molar-refractivity contribution is 5.42. The van der Waals surface area contributed by atoms with Gasteiger partial charge >= 0.3 is 0 Å². The lowest BCUT2D eigenvalue weighted by Gasteiger charge is -2.15. The molecule has 2 rings (SSSR count). The van der Waals surface area contributed by atoms with Gasteiger partial charge in [0.15, 0.2) is 0 Å². The van der Waals surface area contributed by atoms with E-state index in [4.69, 9.17) is 10.5 Å². The van der Waals surface area contributed by atoms with E-state index in [1.165, 1.54) is 18.2 Å². The summed E-state index contributed by atoms with van der Waals surface area (Å²) in [5.41, 5.74) is 6.80. The lowest BCUT2D eigenvalue weighted by Crippen LogP contribution is -2.08. The Morgan fingerprint density at radius 1 is 1.16 bits per heavy atom. The molecule has 2 nitrogen and oxygen atoms in total. The molecule has 0 aromatic heterocycles. The van der Waals surface area contributed by atoms with Crippen LogP contribution in [0.3, 0.4) is 0 Å². The van der Waals surface area contributed by atoms with Crippen molar-refractivity contribution in [1.82, 2.24) is 0 Å². The molecule has 0 heterocycles. The zero-order chi connectivity index (χ0) is 14.0. The van der Waals surface area contributed by atoms with Crippen molar-refractivity contribution in [2.75, 3.05) is 0 Å². The maximum atomic E-state index is 13.6. The predicted octanol–water partition coefficient (Wildman–Crippen LogP) is 4.09. The van der Waals surface area contributed by atoms with Gasteiger partial charge in [-0.2, -0.15) is 0 Å². The van der Waals surface area contributed by atoms with Crippen LogP contribution in [-0.4, -0.2) is 0 Å². The number of aryl methyl sites for hydroxylation is 1. The number of hydrogen-bond acceptors (Lipinski definition) is 2. The minimum absolute atomic E-state index is 0.334. The second-order valence-corrected chi connectivity index (χ2v) is 4.49. The topological polar surface area (TPSA) is 35.2 Å². The number of hydrogen-bond donors (Lipinski definition) is 1. The lowest BCUT2D eigenvalue weighted by atomic mass is 10.1. The van der Waals surface area contributed by atoms with Gasteiger partial charge < -0.3 is 10.5 Å². The average Bonchev–Trinajstić information content (AvgIpc) is 2.33. The molecule has 2 aromatic rings. The van der Waals surface area contributed by atoms with Crippen molar-refractivity contribution in [2.24, 2.45) is 5.73 Å². The molecular weight excluding hydrogens is 248 g/mol. The summed E-state index contributed by atoms with van der Waals surface area (Å²) in [6.45, 7) is 3.38. The van der Waals surface area contributed by atoms with Crippen molar-refractivity contribution in [2.45, 2.75) is 19.9 Å². The summed E-state index contributed by atoms with van der Waals surface area (Å²) in [6.07, 6.45) is 0. The Bertz CT molecular complexity index is 597. The summed E-state index contributed by atoms with van der Waals surface area (Å²) < 4.78 is 32.3. The van der Waals surface area contributed by atoms with Gasteiger partial charge in [0.05, 0.1) is 0 Å². The van der Waals surface area contributed by atoms with E-state index in [-0.39, 0.29) is 11.9 Å². The van der Waals surface area contributed by atoms with E-state index in [1.54, 1.807) is 32.0 Å². The van der Waals surface area contributed by atoms with Crippen molar-refractivity contribution in [3.05, 3.63) is 59.2 Å². The normalized spacial score (nSPS) is 12.3. The first kappa shape index (κ1) is 13.5. The molecule has 0 saturated carbocycles. The SMILES string of the molecule is Cc1cc(Oc2cccc(F)c2)c([C@@H](C)N)cc1F. The maximum Gasteiger partial charge on any atom is 0.132 e. The average molecular weight is 263 g/mol. The molecule has 0 aliphatic rings. The molecule has 4 heteroatoms. The summed E-state index contributed by atoms with van der Waals surface area (Å²) in [5, 5.41) is 0. The summed E-state index contributed by atoms with van der Waals surface area (Å²) in [5.74, 6) is 0.0741. The Balaban J connectivity index is 2.41. The van der Waals surface area contributed by atoms with Crippen LogP contribution in [0, 0.1) is 18.6 Å². The molecule has 0 aliphatic heterocycles. The van der Waals surface area contributed by atoms with E-state index < -0.39 is 5.82 Å². The maximum absolute atomic E-state index is 13.6. The number of rotatable bonds is 3. The van der Waals surface area contributed by atoms with Crippen LogP contribution in [0.25, 0.3) is 0 Å². The predicted molar refractivity (Wildman–Crippen MR) is 70.2 cm³/mol. The van der Waals surface area contributed by atoms with E-state index in [2.05, 4.69) is 0 Å². The number of nitrogens with two attached hydrogens (primary N) is 1. The van der Waals surface area contributed by atoms with E-state index in [9.17, 15) is 8.78 Å². The minimum Gasteiger partial charge on any atom is -0.457 e. The van der Waals surface area contributed by atoms with Gasteiger partial charge in [-0.15, -0.1) is 0 Å². The van der Waals surface area contributed by atoms with Crippen molar-refractivity contribution in [1.29, 1.82) is 0 Å². The molecule has 0 bridgehead atoms. The Morgan fingerprint density at radius 2 is 1.89 bits per heavy atom. The van der Waals surface area contributed by atoms with Crippen LogP contribution in [-0.2, 0) is 0 Å². The van der Waals surface area contributed by atoms with E-state index >= 15 is 0 Å². The highest BCUT2D eigenvalue weighted by atomic mass is 19.1. The zero-order valence-corrected chi connectivity index (χ0v) is 10.8. The van der Waals surface area contributed by atoms with Crippen LogP contribution in [0.5, 0.6) is 11.5 Å². The van der Waals surface area contributed by atoms with Gasteiger partial charge in [-0.05, 0) is 43.7 Å². The summed E-state index contributed by atoms with van der Waals surface area (Å²) >= 11 is 0. The summed E-state index contributed by atoms with van der Waals surface area (Å²) in [6, 6.07) is 8.32. The summed E-state index contributed by atoms with van der Waals surface area (Å²) in [4.78, 5) is 0. The van der Waals surface area contributed by atoms with Crippen molar-refractivity contribution >= 4 is 0 Å². The Kier molecular flexibility index (Phi) is 3.81. The minimum atomic E-state index is -0.390. The molecule has 100 valence electrons. The second-order valence-electron chi connectivity index (χ2n) is 4.49. The lowest BCUT2D eigenvalue weighted by molar-refractivity contribution is 0.463. The summed E-state index contributed by atoms with van der Waals surface area (Å²) in [7, 11) is 0. The second kappa shape index (κ2) is 5.36. The molecule has 0 saturated heterocycles. The van der Waals surface area contributed by atoms with Crippen LogP contribution < -0.4 is 10.5 Å². The van der Waals surface area contributed by atoms with Gasteiger partial charge in [-0.1, -0.05) is 6.07 Å². The van der Waals surface area contributed by atoms with Gasteiger partial charge in [0, 0.05) is 17.7 Å². The molecule has 19 heavy (non-hydrogen) atoms. The molecule has 0 amide bonds. The molecule has 0 spiro atoms. The Labute approximate surface area is 110 Å². The first-order valence-electron chi connectivity index (χ1n) is 5.96. The molecule has 0 aliphatic carbocycles. The largest absolute Gasteiger partial charge is 0.457 e. The standard InChI is InChI=1S/C15H15F2NO/c1-9-6-15(13(10(2)18)8-14(9)17)19-12-5-3-4-11(16)7-12/h3-8,10H,18H2,1-2H3/t10-/m1/s1. The molecule has 0 radical (unpaired) electrons. The number of halogens is 2. The van der Waals surface area contributed by atoms with Crippen molar-refractivity contribution in [3.8, 4) is 11.5 Å². The Morgan fingerprint density at radius 3 is 2.53 bits per heavy atom. The molecule has 2 aromatic carbocycles. The van der Waals surface area contributed by atoms with Crippen LogP contribution in [0.15, 0.2) is 36.4 Å². The van der Waals surface area contributed by atoms with Gasteiger partial charge in [-0.3, -0.25) is 0 Å². The first-order chi connectivity index (χ1) is 8.97. The monoisotopic (exact) mass is 263 g/mol. The van der Waals surface area contributed by atoms with Crippen LogP contribution in [0.4, 0.5) is 8.78 Å². The van der Waals surface area contributed by atoms with Crippen LogP contribution in [0.1, 0.15) is 24.1 Å². The molecule has 2 N–H and O–H groups in total. The highest BCUT2D eigenvalue weighted by Gasteiger charge is 2.13. The van der Waals surface area contributed by atoms with Gasteiger partial charge in [0.2, 0.25) is 0 Å². The van der Waals surface area contributed by atoms with Crippen molar-refractivity contribution in [3.63, 3.8) is 0 Å². The fraction of sp³-hybridized carbons (Fsp3) is 0.200. The van der Waals surface area contributed by atoms with Crippen LogP contribution in [0.2, 0.25) is 0 Å². The molecule has 0 unspecified atom stereocenters. The third-order valence-corrected chi connectivity index (χ3v) is 2.81. The fourth-order valence-corrected chi connectivity index (χ4v) is 1.77.